The molecule has 0 aliphatic carbocycles. The highest BCUT2D eigenvalue weighted by Gasteiger charge is 2.15. The lowest BCUT2D eigenvalue weighted by Gasteiger charge is -2.07. The van der Waals surface area contributed by atoms with Crippen molar-refractivity contribution in [1.29, 1.82) is 0 Å². The number of rotatable bonds is 3. The Bertz CT molecular complexity index is 642. The summed E-state index contributed by atoms with van der Waals surface area (Å²) in [6.07, 6.45) is 0. The van der Waals surface area contributed by atoms with Crippen LogP contribution in [0, 0.1) is 0 Å². The minimum atomic E-state index is -0.547. The maximum absolute atomic E-state index is 11.7. The number of hydrogen-bond donors (Lipinski definition) is 1. The third-order valence-electron chi connectivity index (χ3n) is 2.18. The molecule has 1 heterocycles. The van der Waals surface area contributed by atoms with Gasteiger partial charge in [0.15, 0.2) is 0 Å². The molecule has 0 atom stereocenters. The second-order valence-electron chi connectivity index (χ2n) is 3.66. The molecule has 0 bridgehead atoms. The van der Waals surface area contributed by atoms with Crippen molar-refractivity contribution in [3.05, 3.63) is 41.6 Å². The topological polar surface area (TPSA) is 83.2 Å². The van der Waals surface area contributed by atoms with Crippen LogP contribution < -0.4 is 5.32 Å². The van der Waals surface area contributed by atoms with E-state index in [4.69, 9.17) is 11.6 Å². The number of azo groups is 1. The van der Waals surface area contributed by atoms with Crippen LogP contribution in [0.5, 0.6) is 0 Å². The van der Waals surface area contributed by atoms with E-state index in [9.17, 15) is 9.59 Å². The van der Waals surface area contributed by atoms with Gasteiger partial charge < -0.3 is 5.32 Å². The summed E-state index contributed by atoms with van der Waals surface area (Å²) in [6.45, 7) is 3.37. The summed E-state index contributed by atoms with van der Waals surface area (Å²) < 4.78 is 0. The van der Waals surface area contributed by atoms with Crippen molar-refractivity contribution in [2.75, 3.05) is 11.1 Å². The molecule has 0 saturated heterocycles. The SMILES string of the molecule is C=C1N=NC(SCC(=O)Nc2ccccc2Cl)=NC1=O. The second kappa shape index (κ2) is 6.44. The largest absolute Gasteiger partial charge is 0.324 e. The molecular weight excluding hydrogens is 300 g/mol. The van der Waals surface area contributed by atoms with Gasteiger partial charge in [0.2, 0.25) is 11.1 Å². The predicted molar refractivity (Wildman–Crippen MR) is 79.0 cm³/mol. The third-order valence-corrected chi connectivity index (χ3v) is 3.35. The summed E-state index contributed by atoms with van der Waals surface area (Å²) in [7, 11) is 0. The van der Waals surface area contributed by atoms with Crippen molar-refractivity contribution in [2.45, 2.75) is 0 Å². The highest BCUT2D eigenvalue weighted by Crippen LogP contribution is 2.21. The fourth-order valence-electron chi connectivity index (χ4n) is 1.26. The zero-order valence-corrected chi connectivity index (χ0v) is 11.7. The number of amides is 2. The summed E-state index contributed by atoms with van der Waals surface area (Å²) in [5.41, 5.74) is 0.506. The predicted octanol–water partition coefficient (Wildman–Crippen LogP) is 2.87. The maximum atomic E-state index is 11.7. The van der Waals surface area contributed by atoms with E-state index in [1.165, 1.54) is 0 Å². The van der Waals surface area contributed by atoms with Gasteiger partial charge in [-0.2, -0.15) is 4.99 Å². The summed E-state index contributed by atoms with van der Waals surface area (Å²) >= 11 is 6.93. The summed E-state index contributed by atoms with van der Waals surface area (Å²) in [4.78, 5) is 26.6. The van der Waals surface area contributed by atoms with Crippen molar-refractivity contribution in [2.24, 2.45) is 15.2 Å². The van der Waals surface area contributed by atoms with Crippen LogP contribution in [0.15, 0.2) is 51.8 Å². The standard InChI is InChI=1S/C12H9ClN4O2S/c1-7-11(19)15-12(17-16-7)20-6-10(18)14-9-5-3-2-4-8(9)13/h2-5H,1,6H2,(H,14,18). The number of para-hydroxylation sites is 1. The van der Waals surface area contributed by atoms with Gasteiger partial charge in [0.1, 0.15) is 5.70 Å². The molecule has 2 rings (SSSR count). The molecule has 6 nitrogen and oxygen atoms in total. The van der Waals surface area contributed by atoms with Gasteiger partial charge in [0, 0.05) is 0 Å². The highest BCUT2D eigenvalue weighted by molar-refractivity contribution is 8.14. The van der Waals surface area contributed by atoms with Gasteiger partial charge in [-0.25, -0.2) is 0 Å². The second-order valence-corrected chi connectivity index (χ2v) is 5.01. The first-order chi connectivity index (χ1) is 9.56. The number of halogens is 1. The fraction of sp³-hybridized carbons (Fsp3) is 0.0833. The van der Waals surface area contributed by atoms with Crippen molar-refractivity contribution >= 4 is 46.0 Å². The lowest BCUT2D eigenvalue weighted by molar-refractivity contribution is -0.115. The Morgan fingerprint density at radius 3 is 2.80 bits per heavy atom. The van der Waals surface area contributed by atoms with Gasteiger partial charge in [-0.15, -0.1) is 10.2 Å². The van der Waals surface area contributed by atoms with E-state index in [0.29, 0.717) is 10.7 Å². The van der Waals surface area contributed by atoms with Crippen LogP contribution in [-0.4, -0.2) is 22.7 Å². The van der Waals surface area contributed by atoms with Crippen molar-refractivity contribution < 1.29 is 9.59 Å². The van der Waals surface area contributed by atoms with Crippen LogP contribution in [0.4, 0.5) is 5.69 Å². The summed E-state index contributed by atoms with van der Waals surface area (Å²) in [5, 5.41) is 10.4. The molecule has 0 radical (unpaired) electrons. The Balaban J connectivity index is 1.89. The van der Waals surface area contributed by atoms with E-state index in [1.807, 2.05) is 0 Å². The average Bonchev–Trinajstić information content (AvgIpc) is 2.43. The van der Waals surface area contributed by atoms with Gasteiger partial charge in [-0.05, 0) is 12.1 Å². The Kier molecular flexibility index (Phi) is 4.65. The summed E-state index contributed by atoms with van der Waals surface area (Å²) in [6, 6.07) is 6.89. The number of hydrogen-bond acceptors (Lipinski definition) is 5. The van der Waals surface area contributed by atoms with Crippen LogP contribution in [-0.2, 0) is 9.59 Å². The molecule has 0 saturated carbocycles. The highest BCUT2D eigenvalue weighted by atomic mass is 35.5. The first-order valence-electron chi connectivity index (χ1n) is 5.47. The zero-order valence-electron chi connectivity index (χ0n) is 10.2. The molecule has 20 heavy (non-hydrogen) atoms. The number of anilines is 1. The van der Waals surface area contributed by atoms with Gasteiger partial charge in [-0.1, -0.05) is 42.1 Å². The lowest BCUT2D eigenvalue weighted by atomic mass is 10.3. The normalized spacial score (nSPS) is 14.2. The fourth-order valence-corrected chi connectivity index (χ4v) is 2.02. The molecule has 2 amide bonds. The molecule has 0 aromatic heterocycles. The Morgan fingerprint density at radius 2 is 2.10 bits per heavy atom. The smallest absolute Gasteiger partial charge is 0.299 e. The van der Waals surface area contributed by atoms with E-state index in [1.54, 1.807) is 24.3 Å². The van der Waals surface area contributed by atoms with Crippen LogP contribution >= 0.6 is 23.4 Å². The Labute approximate surface area is 124 Å². The van der Waals surface area contributed by atoms with Crippen LogP contribution in [0.2, 0.25) is 5.02 Å². The number of benzene rings is 1. The number of carbonyl (C=O) groups excluding carboxylic acids is 2. The number of amidine groups is 1. The molecule has 1 N–H and O–H groups in total. The number of aliphatic imine (C=N–C) groups is 1. The average molecular weight is 309 g/mol. The Hall–Kier alpha value is -1.99. The molecule has 1 aromatic carbocycles. The lowest BCUT2D eigenvalue weighted by Crippen LogP contribution is -2.16. The molecule has 8 heteroatoms. The van der Waals surface area contributed by atoms with Gasteiger partial charge in [0.05, 0.1) is 16.5 Å². The molecule has 0 spiro atoms. The first-order valence-corrected chi connectivity index (χ1v) is 6.83. The monoisotopic (exact) mass is 308 g/mol. The molecular formula is C12H9ClN4O2S. The quantitative estimate of drug-likeness (QED) is 0.871. The Morgan fingerprint density at radius 1 is 1.35 bits per heavy atom. The minimum Gasteiger partial charge on any atom is -0.324 e. The van der Waals surface area contributed by atoms with E-state index in [-0.39, 0.29) is 22.5 Å². The first kappa shape index (κ1) is 14.4. The van der Waals surface area contributed by atoms with E-state index >= 15 is 0 Å². The van der Waals surface area contributed by atoms with E-state index in [2.05, 4.69) is 27.1 Å². The van der Waals surface area contributed by atoms with Crippen LogP contribution in [0.1, 0.15) is 0 Å². The molecule has 0 unspecified atom stereocenters. The number of nitrogens with one attached hydrogen (secondary N) is 1. The van der Waals surface area contributed by atoms with Crippen LogP contribution in [0.25, 0.3) is 0 Å². The molecule has 1 aliphatic rings. The number of carbonyl (C=O) groups is 2. The molecule has 102 valence electrons. The molecule has 1 aliphatic heterocycles. The van der Waals surface area contributed by atoms with Crippen molar-refractivity contribution in [3.8, 4) is 0 Å². The molecule has 1 aromatic rings. The van der Waals surface area contributed by atoms with Gasteiger partial charge in [-0.3, -0.25) is 9.59 Å². The van der Waals surface area contributed by atoms with Crippen LogP contribution in [0.3, 0.4) is 0 Å². The molecule has 0 fully saturated rings. The van der Waals surface area contributed by atoms with Crippen molar-refractivity contribution in [3.63, 3.8) is 0 Å². The van der Waals surface area contributed by atoms with Gasteiger partial charge in [0.25, 0.3) is 5.91 Å². The zero-order chi connectivity index (χ0) is 14.5. The minimum absolute atomic E-state index is 0.0186. The summed E-state index contributed by atoms with van der Waals surface area (Å²) in [5.74, 6) is -0.783. The number of nitrogens with zero attached hydrogens (tertiary/aromatic N) is 3. The third kappa shape index (κ3) is 3.75. The van der Waals surface area contributed by atoms with Gasteiger partial charge >= 0.3 is 0 Å². The van der Waals surface area contributed by atoms with Crippen molar-refractivity contribution in [1.82, 2.24) is 0 Å². The van der Waals surface area contributed by atoms with E-state index < -0.39 is 5.91 Å². The van der Waals surface area contributed by atoms with E-state index in [0.717, 1.165) is 11.8 Å². The maximum Gasteiger partial charge on any atom is 0.299 e. The number of thioether (sulfide) groups is 1.